The number of carbonyl (C=O) groups is 1. The average Bonchev–Trinajstić information content (AvgIpc) is 2.16. The van der Waals surface area contributed by atoms with Crippen LogP contribution in [0.5, 0.6) is 0 Å². The van der Waals surface area contributed by atoms with E-state index < -0.39 is 5.97 Å². The van der Waals surface area contributed by atoms with Gasteiger partial charge in [-0.2, -0.15) is 0 Å². The van der Waals surface area contributed by atoms with E-state index in [9.17, 15) is 4.79 Å². The largest absolute Gasteiger partial charge is 0.480 e. The molecule has 1 aromatic rings. The molecule has 0 aliphatic heterocycles. The molecule has 0 saturated heterocycles. The van der Waals surface area contributed by atoms with Gasteiger partial charge in [0.2, 0.25) is 0 Å². The molecule has 0 amide bonds. The molecule has 0 atom stereocenters. The fourth-order valence-corrected chi connectivity index (χ4v) is 1.83. The molecule has 6 heteroatoms. The van der Waals surface area contributed by atoms with Crippen molar-refractivity contribution >= 4 is 35.0 Å². The van der Waals surface area contributed by atoms with E-state index in [-0.39, 0.29) is 6.54 Å². The minimum absolute atomic E-state index is 0.123. The van der Waals surface area contributed by atoms with Gasteiger partial charge in [-0.3, -0.25) is 4.79 Å². The predicted octanol–water partition coefficient (Wildman–Crippen LogP) is 2.69. The first-order chi connectivity index (χ1) is 7.54. The second kappa shape index (κ2) is 5.92. The Morgan fingerprint density at radius 3 is 2.75 bits per heavy atom. The first-order valence-electron chi connectivity index (χ1n) is 4.82. The van der Waals surface area contributed by atoms with Crippen LogP contribution in [0.4, 0.5) is 5.82 Å². The summed E-state index contributed by atoms with van der Waals surface area (Å²) in [6, 6.07) is 1.55. The quantitative estimate of drug-likeness (QED) is 0.887. The fourth-order valence-electron chi connectivity index (χ4n) is 1.33. The van der Waals surface area contributed by atoms with Crippen LogP contribution in [0.25, 0.3) is 0 Å². The molecule has 0 saturated carbocycles. The number of carboxylic acids is 1. The second-order valence-corrected chi connectivity index (χ2v) is 4.12. The molecule has 0 aliphatic rings. The number of pyridine rings is 1. The van der Waals surface area contributed by atoms with Crippen molar-refractivity contribution in [2.24, 2.45) is 0 Å². The Balaban J connectivity index is 2.95. The van der Waals surface area contributed by atoms with E-state index in [1.807, 2.05) is 6.92 Å². The second-order valence-electron chi connectivity index (χ2n) is 3.27. The highest BCUT2D eigenvalue weighted by atomic mass is 35.5. The number of halogens is 2. The van der Waals surface area contributed by atoms with Gasteiger partial charge in [-0.15, -0.1) is 0 Å². The molecule has 0 fully saturated rings. The topological polar surface area (TPSA) is 53.4 Å². The summed E-state index contributed by atoms with van der Waals surface area (Å²) in [5.41, 5.74) is 0. The molecule has 1 rings (SSSR count). The van der Waals surface area contributed by atoms with E-state index in [0.717, 1.165) is 6.42 Å². The lowest BCUT2D eigenvalue weighted by Gasteiger charge is -2.21. The van der Waals surface area contributed by atoms with Crippen molar-refractivity contribution in [3.05, 3.63) is 22.3 Å². The number of hydrogen-bond donors (Lipinski definition) is 1. The van der Waals surface area contributed by atoms with Gasteiger partial charge < -0.3 is 10.0 Å². The van der Waals surface area contributed by atoms with E-state index in [1.54, 1.807) is 11.0 Å². The van der Waals surface area contributed by atoms with Gasteiger partial charge in [0.25, 0.3) is 0 Å². The lowest BCUT2D eigenvalue weighted by Crippen LogP contribution is -2.31. The molecule has 88 valence electrons. The van der Waals surface area contributed by atoms with Crippen LogP contribution in [0, 0.1) is 0 Å². The van der Waals surface area contributed by atoms with Crippen LogP contribution in [0.2, 0.25) is 10.0 Å². The molecule has 1 aromatic heterocycles. The summed E-state index contributed by atoms with van der Waals surface area (Å²) in [4.78, 5) is 16.4. The maximum absolute atomic E-state index is 10.7. The lowest BCUT2D eigenvalue weighted by atomic mass is 10.3. The molecule has 0 aliphatic carbocycles. The van der Waals surface area contributed by atoms with Crippen molar-refractivity contribution < 1.29 is 9.90 Å². The number of rotatable bonds is 5. The zero-order valence-corrected chi connectivity index (χ0v) is 10.3. The molecule has 0 bridgehead atoms. The summed E-state index contributed by atoms with van der Waals surface area (Å²) in [5, 5.41) is 9.57. The van der Waals surface area contributed by atoms with Gasteiger partial charge in [0, 0.05) is 12.7 Å². The lowest BCUT2D eigenvalue weighted by molar-refractivity contribution is -0.135. The maximum Gasteiger partial charge on any atom is 0.323 e. The minimum Gasteiger partial charge on any atom is -0.480 e. The molecule has 4 nitrogen and oxygen atoms in total. The van der Waals surface area contributed by atoms with E-state index in [1.165, 1.54) is 6.20 Å². The summed E-state index contributed by atoms with van der Waals surface area (Å²) in [6.45, 7) is 2.42. The summed E-state index contributed by atoms with van der Waals surface area (Å²) in [7, 11) is 0. The van der Waals surface area contributed by atoms with Crippen LogP contribution in [-0.2, 0) is 4.79 Å². The Hall–Kier alpha value is -1.000. The molecular formula is C10H12Cl2N2O2. The molecule has 0 aromatic carbocycles. The highest BCUT2D eigenvalue weighted by Gasteiger charge is 2.14. The smallest absolute Gasteiger partial charge is 0.323 e. The van der Waals surface area contributed by atoms with Crippen LogP contribution in [0.15, 0.2) is 12.3 Å². The molecule has 0 spiro atoms. The Morgan fingerprint density at radius 1 is 1.56 bits per heavy atom. The summed E-state index contributed by atoms with van der Waals surface area (Å²) >= 11 is 11.7. The van der Waals surface area contributed by atoms with E-state index in [0.29, 0.717) is 22.4 Å². The standard InChI is InChI=1S/C10H12Cl2N2O2/c1-2-3-14(6-9(15)16)10-8(12)4-7(11)5-13-10/h4-5H,2-3,6H2,1H3,(H,15,16). The Kier molecular flexibility index (Phi) is 4.83. The van der Waals surface area contributed by atoms with Crippen LogP contribution < -0.4 is 4.90 Å². The molecule has 1 heterocycles. The summed E-state index contributed by atoms with van der Waals surface area (Å²) in [6.07, 6.45) is 2.27. The molecular weight excluding hydrogens is 251 g/mol. The predicted molar refractivity (Wildman–Crippen MR) is 64.4 cm³/mol. The normalized spacial score (nSPS) is 10.2. The Labute approximate surface area is 104 Å². The summed E-state index contributed by atoms with van der Waals surface area (Å²) in [5.74, 6) is -0.461. The van der Waals surface area contributed by atoms with Crippen molar-refractivity contribution in [3.63, 3.8) is 0 Å². The average molecular weight is 263 g/mol. The maximum atomic E-state index is 10.7. The number of anilines is 1. The number of aliphatic carboxylic acids is 1. The van der Waals surface area contributed by atoms with Gasteiger partial charge in [0.15, 0.2) is 0 Å². The third-order valence-corrected chi connectivity index (χ3v) is 2.39. The van der Waals surface area contributed by atoms with E-state index >= 15 is 0 Å². The zero-order chi connectivity index (χ0) is 12.1. The van der Waals surface area contributed by atoms with Gasteiger partial charge >= 0.3 is 5.97 Å². The monoisotopic (exact) mass is 262 g/mol. The molecule has 16 heavy (non-hydrogen) atoms. The van der Waals surface area contributed by atoms with Crippen molar-refractivity contribution in [2.75, 3.05) is 18.0 Å². The van der Waals surface area contributed by atoms with Crippen LogP contribution in [0.3, 0.4) is 0 Å². The first-order valence-corrected chi connectivity index (χ1v) is 5.58. The first kappa shape index (κ1) is 13.1. The molecule has 1 N–H and O–H groups in total. The van der Waals surface area contributed by atoms with Crippen molar-refractivity contribution in [3.8, 4) is 0 Å². The van der Waals surface area contributed by atoms with Crippen LogP contribution >= 0.6 is 23.2 Å². The van der Waals surface area contributed by atoms with E-state index in [4.69, 9.17) is 28.3 Å². The summed E-state index contributed by atoms with van der Waals surface area (Å²) < 4.78 is 0. The third-order valence-electron chi connectivity index (χ3n) is 1.91. The van der Waals surface area contributed by atoms with Gasteiger partial charge in [-0.05, 0) is 12.5 Å². The van der Waals surface area contributed by atoms with Crippen molar-refractivity contribution in [1.29, 1.82) is 0 Å². The zero-order valence-electron chi connectivity index (χ0n) is 8.78. The highest BCUT2D eigenvalue weighted by molar-refractivity contribution is 6.36. The van der Waals surface area contributed by atoms with Crippen molar-refractivity contribution in [1.82, 2.24) is 4.98 Å². The van der Waals surface area contributed by atoms with Crippen molar-refractivity contribution in [2.45, 2.75) is 13.3 Å². The third kappa shape index (κ3) is 3.54. The van der Waals surface area contributed by atoms with Crippen LogP contribution in [-0.4, -0.2) is 29.1 Å². The van der Waals surface area contributed by atoms with Crippen LogP contribution in [0.1, 0.15) is 13.3 Å². The van der Waals surface area contributed by atoms with E-state index in [2.05, 4.69) is 4.98 Å². The minimum atomic E-state index is -0.915. The van der Waals surface area contributed by atoms with Gasteiger partial charge in [-0.1, -0.05) is 30.1 Å². The highest BCUT2D eigenvalue weighted by Crippen LogP contribution is 2.25. The molecule has 0 radical (unpaired) electrons. The van der Waals surface area contributed by atoms with Gasteiger partial charge in [0.1, 0.15) is 12.4 Å². The molecule has 0 unspecified atom stereocenters. The van der Waals surface area contributed by atoms with Gasteiger partial charge in [-0.25, -0.2) is 4.98 Å². The number of hydrogen-bond acceptors (Lipinski definition) is 3. The number of carboxylic acid groups (broad SMARTS) is 1. The SMILES string of the molecule is CCCN(CC(=O)O)c1ncc(Cl)cc1Cl. The Bertz CT molecular complexity index is 385. The number of aromatic nitrogens is 1. The Morgan fingerprint density at radius 2 is 2.25 bits per heavy atom. The van der Waals surface area contributed by atoms with Gasteiger partial charge in [0.05, 0.1) is 10.0 Å². The number of nitrogens with zero attached hydrogens (tertiary/aromatic N) is 2. The fraction of sp³-hybridized carbons (Fsp3) is 0.400.